The molecule has 0 bridgehead atoms. The number of aliphatic hydroxyl groups excluding tert-OH is 1. The Morgan fingerprint density at radius 3 is 2.85 bits per heavy atom. The summed E-state index contributed by atoms with van der Waals surface area (Å²) < 4.78 is 5.48. The van der Waals surface area contributed by atoms with Crippen LogP contribution in [0.25, 0.3) is 33.6 Å². The van der Waals surface area contributed by atoms with Crippen molar-refractivity contribution in [2.45, 2.75) is 12.5 Å². The second kappa shape index (κ2) is 7.80. The van der Waals surface area contributed by atoms with Gasteiger partial charge >= 0.3 is 5.69 Å². The van der Waals surface area contributed by atoms with Crippen LogP contribution in [0.15, 0.2) is 47.8 Å². The number of hydrogen-bond donors (Lipinski definition) is 2. The summed E-state index contributed by atoms with van der Waals surface area (Å²) in [6.07, 6.45) is 5.94. The highest BCUT2D eigenvalue weighted by atomic mass is 16.3. The van der Waals surface area contributed by atoms with Crippen LogP contribution in [0, 0.1) is 5.92 Å². The molecule has 1 aliphatic heterocycles. The molecule has 1 aliphatic rings. The fourth-order valence-corrected chi connectivity index (χ4v) is 5.15. The third kappa shape index (κ3) is 3.11. The third-order valence-corrected chi connectivity index (χ3v) is 6.78. The van der Waals surface area contributed by atoms with Gasteiger partial charge in [-0.25, -0.2) is 19.7 Å². The number of aromatic nitrogens is 8. The van der Waals surface area contributed by atoms with Gasteiger partial charge in [0.05, 0.1) is 22.8 Å². The summed E-state index contributed by atoms with van der Waals surface area (Å²) in [7, 11) is 3.80. The van der Waals surface area contributed by atoms with Crippen molar-refractivity contribution in [3.63, 3.8) is 0 Å². The van der Waals surface area contributed by atoms with Gasteiger partial charge in [0.15, 0.2) is 17.0 Å². The number of nitrogens with zero attached hydrogens (tertiary/aromatic N) is 8. The average Bonchev–Trinajstić information content (AvgIpc) is 3.53. The Kier molecular flexibility index (Phi) is 4.73. The van der Waals surface area contributed by atoms with E-state index in [2.05, 4.69) is 25.0 Å². The van der Waals surface area contributed by atoms with Gasteiger partial charge in [-0.15, -0.1) is 0 Å². The number of aromatic amines is 1. The van der Waals surface area contributed by atoms with Gasteiger partial charge in [-0.3, -0.25) is 9.25 Å². The minimum absolute atomic E-state index is 0.0372. The molecule has 0 spiro atoms. The molecule has 11 heteroatoms. The van der Waals surface area contributed by atoms with Crippen LogP contribution in [0.2, 0.25) is 0 Å². The minimum atomic E-state index is -0.145. The number of para-hydroxylation sites is 2. The largest absolute Gasteiger partial charge is 0.396 e. The maximum atomic E-state index is 12.8. The zero-order valence-electron chi connectivity index (χ0n) is 19.0. The first-order valence-electron chi connectivity index (χ1n) is 11.3. The molecule has 4 aromatic heterocycles. The molecule has 0 unspecified atom stereocenters. The number of rotatable bonds is 4. The standard InChI is InChI=1S/C23H25N9O2/c1-29-10-14(9-26-29)20-28-19-21(30(20)2)24-13-25-22(19)31-8-7-17(15(11-31)12-33)32-18-6-4-3-5-16(18)27-23(32)34/h3-6,9-10,13,15,17,33H,7-8,11-12H2,1-2H3,(H,27,34)/t15-,17-/m1/s1. The van der Waals surface area contributed by atoms with Crippen molar-refractivity contribution in [2.24, 2.45) is 20.0 Å². The van der Waals surface area contributed by atoms with Crippen molar-refractivity contribution >= 4 is 28.0 Å². The van der Waals surface area contributed by atoms with Crippen LogP contribution in [-0.2, 0) is 14.1 Å². The predicted molar refractivity (Wildman–Crippen MR) is 128 cm³/mol. The second-order valence-corrected chi connectivity index (χ2v) is 8.83. The van der Waals surface area contributed by atoms with Crippen LogP contribution in [0.4, 0.5) is 5.82 Å². The summed E-state index contributed by atoms with van der Waals surface area (Å²) in [5.74, 6) is 1.36. The maximum Gasteiger partial charge on any atom is 0.326 e. The van der Waals surface area contributed by atoms with Gasteiger partial charge in [0.25, 0.3) is 0 Å². The Balaban J connectivity index is 1.37. The predicted octanol–water partition coefficient (Wildman–Crippen LogP) is 1.47. The van der Waals surface area contributed by atoms with Crippen molar-refractivity contribution in [1.29, 1.82) is 0 Å². The average molecular weight is 460 g/mol. The zero-order valence-corrected chi connectivity index (χ0v) is 19.0. The molecule has 11 nitrogen and oxygen atoms in total. The zero-order chi connectivity index (χ0) is 23.4. The second-order valence-electron chi connectivity index (χ2n) is 8.83. The lowest BCUT2D eigenvalue weighted by Crippen LogP contribution is -2.45. The number of nitrogens with one attached hydrogen (secondary N) is 1. The lowest BCUT2D eigenvalue weighted by atomic mass is 9.92. The Labute approximate surface area is 194 Å². The number of aryl methyl sites for hydroxylation is 2. The molecule has 6 rings (SSSR count). The van der Waals surface area contributed by atoms with Gasteiger partial charge in [0, 0.05) is 51.9 Å². The van der Waals surface area contributed by atoms with Gasteiger partial charge in [0.2, 0.25) is 0 Å². The van der Waals surface area contributed by atoms with Gasteiger partial charge in [-0.05, 0) is 18.6 Å². The number of imidazole rings is 2. The van der Waals surface area contributed by atoms with E-state index in [9.17, 15) is 9.90 Å². The van der Waals surface area contributed by atoms with Gasteiger partial charge in [-0.2, -0.15) is 5.10 Å². The molecule has 1 saturated heterocycles. The van der Waals surface area contributed by atoms with E-state index < -0.39 is 0 Å². The maximum absolute atomic E-state index is 12.8. The number of benzene rings is 1. The highest BCUT2D eigenvalue weighted by Crippen LogP contribution is 2.34. The molecule has 34 heavy (non-hydrogen) atoms. The van der Waals surface area contributed by atoms with Gasteiger partial charge in [-0.1, -0.05) is 12.1 Å². The van der Waals surface area contributed by atoms with E-state index in [4.69, 9.17) is 4.98 Å². The first kappa shape index (κ1) is 20.6. The lowest BCUT2D eigenvalue weighted by Gasteiger charge is -2.38. The molecule has 0 saturated carbocycles. The molecule has 2 atom stereocenters. The van der Waals surface area contributed by atoms with Gasteiger partial charge < -0.3 is 19.6 Å². The first-order chi connectivity index (χ1) is 16.5. The number of anilines is 1. The number of aliphatic hydroxyl groups is 1. The topological polar surface area (TPSA) is 123 Å². The Morgan fingerprint density at radius 1 is 1.21 bits per heavy atom. The molecular formula is C23H25N9O2. The smallest absolute Gasteiger partial charge is 0.326 e. The van der Waals surface area contributed by atoms with E-state index in [0.29, 0.717) is 25.0 Å². The molecule has 0 aliphatic carbocycles. The summed E-state index contributed by atoms with van der Waals surface area (Å²) >= 11 is 0. The molecular weight excluding hydrogens is 434 g/mol. The molecule has 2 N–H and O–H groups in total. The van der Waals surface area contributed by atoms with Crippen LogP contribution >= 0.6 is 0 Å². The minimum Gasteiger partial charge on any atom is -0.396 e. The molecule has 174 valence electrons. The van der Waals surface area contributed by atoms with Crippen LogP contribution in [0.3, 0.4) is 0 Å². The number of fused-ring (bicyclic) bond motifs is 2. The van der Waals surface area contributed by atoms with Crippen molar-refractivity contribution in [2.75, 3.05) is 24.6 Å². The molecule has 5 heterocycles. The van der Waals surface area contributed by atoms with E-state index in [-0.39, 0.29) is 24.3 Å². The van der Waals surface area contributed by atoms with E-state index in [0.717, 1.165) is 33.9 Å². The summed E-state index contributed by atoms with van der Waals surface area (Å²) in [4.78, 5) is 31.8. The van der Waals surface area contributed by atoms with Crippen LogP contribution in [-0.4, -0.2) is 63.7 Å². The summed E-state index contributed by atoms with van der Waals surface area (Å²) in [5.41, 5.74) is 3.87. The SMILES string of the molecule is Cn1cc(-c2nc3c(N4CC[C@@H](n5c(=O)[nH]c6ccccc65)[C@@H](CO)C4)ncnc3n2C)cn1. The highest BCUT2D eigenvalue weighted by molar-refractivity contribution is 5.86. The highest BCUT2D eigenvalue weighted by Gasteiger charge is 2.34. The summed E-state index contributed by atoms with van der Waals surface area (Å²) in [6.45, 7) is 1.19. The Morgan fingerprint density at radius 2 is 2.06 bits per heavy atom. The van der Waals surface area contributed by atoms with Crippen molar-refractivity contribution in [3.8, 4) is 11.4 Å². The molecule has 0 amide bonds. The van der Waals surface area contributed by atoms with Crippen molar-refractivity contribution in [3.05, 3.63) is 53.5 Å². The van der Waals surface area contributed by atoms with E-state index in [1.54, 1.807) is 21.8 Å². The van der Waals surface area contributed by atoms with Crippen LogP contribution in [0.5, 0.6) is 0 Å². The third-order valence-electron chi connectivity index (χ3n) is 6.78. The Hall–Kier alpha value is -3.99. The number of H-pyrrole nitrogens is 1. The fraction of sp³-hybridized carbons (Fsp3) is 0.348. The molecule has 5 aromatic rings. The first-order valence-corrected chi connectivity index (χ1v) is 11.3. The molecule has 0 radical (unpaired) electrons. The van der Waals surface area contributed by atoms with Crippen LogP contribution in [0.1, 0.15) is 12.5 Å². The number of piperidine rings is 1. The lowest BCUT2D eigenvalue weighted by molar-refractivity contribution is 0.160. The molecule has 1 aromatic carbocycles. The normalized spacial score (nSPS) is 18.9. The molecule has 1 fully saturated rings. The van der Waals surface area contributed by atoms with E-state index in [1.807, 2.05) is 49.1 Å². The summed E-state index contributed by atoms with van der Waals surface area (Å²) in [5, 5.41) is 14.5. The fourth-order valence-electron chi connectivity index (χ4n) is 5.15. The monoisotopic (exact) mass is 459 g/mol. The van der Waals surface area contributed by atoms with Gasteiger partial charge in [0.1, 0.15) is 12.2 Å². The van der Waals surface area contributed by atoms with Crippen molar-refractivity contribution in [1.82, 2.24) is 38.9 Å². The van der Waals surface area contributed by atoms with E-state index in [1.165, 1.54) is 0 Å². The number of hydrogen-bond acceptors (Lipinski definition) is 7. The van der Waals surface area contributed by atoms with Crippen molar-refractivity contribution < 1.29 is 5.11 Å². The quantitative estimate of drug-likeness (QED) is 0.417. The van der Waals surface area contributed by atoms with Crippen LogP contribution < -0.4 is 10.6 Å². The van der Waals surface area contributed by atoms with E-state index >= 15 is 0 Å². The summed E-state index contributed by atoms with van der Waals surface area (Å²) in [6, 6.07) is 7.55. The Bertz CT molecular complexity index is 1560.